The number of aromatic nitrogens is 1. The molecule has 0 aromatic carbocycles. The number of hydrogen-bond donors (Lipinski definition) is 2. The van der Waals surface area contributed by atoms with Crippen molar-refractivity contribution in [3.05, 3.63) is 22.9 Å². The van der Waals surface area contributed by atoms with Crippen LogP contribution in [0.2, 0.25) is 0 Å². The maximum atomic E-state index is 11.3. The number of carboxylic acids is 1. The Bertz CT molecular complexity index is 477. The Morgan fingerprint density at radius 1 is 1.40 bits per heavy atom. The average Bonchev–Trinajstić information content (AvgIpc) is 2.88. The number of nitrogens with one attached hydrogen (secondary N) is 1. The molecule has 2 rings (SSSR count). The van der Waals surface area contributed by atoms with Crippen LogP contribution in [0.1, 0.15) is 47.3 Å². The van der Waals surface area contributed by atoms with E-state index in [-0.39, 0.29) is 0 Å². The van der Waals surface area contributed by atoms with E-state index >= 15 is 0 Å². The number of pyridine rings is 1. The molecule has 0 aliphatic heterocycles. The number of anilines is 1. The highest BCUT2D eigenvalue weighted by Crippen LogP contribution is 2.25. The van der Waals surface area contributed by atoms with Gasteiger partial charge in [-0.05, 0) is 55.7 Å². The molecule has 0 unspecified atom stereocenters. The molecule has 1 aliphatic rings. The van der Waals surface area contributed by atoms with E-state index in [9.17, 15) is 9.90 Å². The van der Waals surface area contributed by atoms with E-state index in [1.54, 1.807) is 6.07 Å². The lowest BCUT2D eigenvalue weighted by atomic mass is 10.1. The molecular weight excluding hydrogens is 272 g/mol. The lowest BCUT2D eigenvalue weighted by Crippen LogP contribution is -2.11. The van der Waals surface area contributed by atoms with Crippen LogP contribution in [0.5, 0.6) is 0 Å². The topological polar surface area (TPSA) is 62.2 Å². The zero-order chi connectivity index (χ0) is 14.4. The predicted molar refractivity (Wildman–Crippen MR) is 83.9 cm³/mol. The van der Waals surface area contributed by atoms with Crippen LogP contribution < -0.4 is 5.32 Å². The Kier molecular flexibility index (Phi) is 5.71. The highest BCUT2D eigenvalue weighted by Gasteiger charge is 2.19. The summed E-state index contributed by atoms with van der Waals surface area (Å²) < 4.78 is 0. The van der Waals surface area contributed by atoms with Crippen molar-refractivity contribution in [2.45, 2.75) is 38.5 Å². The van der Waals surface area contributed by atoms with Gasteiger partial charge in [-0.25, -0.2) is 9.78 Å². The van der Waals surface area contributed by atoms with Gasteiger partial charge in [0, 0.05) is 12.2 Å². The lowest BCUT2D eigenvalue weighted by molar-refractivity contribution is 0.0697. The maximum Gasteiger partial charge on any atom is 0.339 e. The van der Waals surface area contributed by atoms with Gasteiger partial charge in [-0.3, -0.25) is 0 Å². The number of carbonyl (C=O) groups is 1. The third-order valence-electron chi connectivity index (χ3n) is 3.60. The number of aromatic carboxylic acids is 1. The molecular formula is C15H22N2O2S. The molecule has 1 aromatic heterocycles. The summed E-state index contributed by atoms with van der Waals surface area (Å²) in [5.74, 6) is 0.845. The van der Waals surface area contributed by atoms with Gasteiger partial charge < -0.3 is 10.4 Å². The summed E-state index contributed by atoms with van der Waals surface area (Å²) in [6.07, 6.45) is 8.56. The van der Waals surface area contributed by atoms with Crippen molar-refractivity contribution in [2.75, 3.05) is 23.9 Å². The van der Waals surface area contributed by atoms with Gasteiger partial charge in [0.05, 0.1) is 0 Å². The normalized spacial score (nSPS) is 13.2. The van der Waals surface area contributed by atoms with Crippen molar-refractivity contribution in [1.29, 1.82) is 0 Å². The van der Waals surface area contributed by atoms with Gasteiger partial charge in [-0.1, -0.05) is 6.42 Å². The molecule has 0 spiro atoms. The number of nitrogens with zero attached hydrogens (tertiary/aromatic N) is 1. The molecule has 20 heavy (non-hydrogen) atoms. The first-order chi connectivity index (χ1) is 9.72. The van der Waals surface area contributed by atoms with E-state index in [1.807, 2.05) is 11.8 Å². The molecule has 0 amide bonds. The van der Waals surface area contributed by atoms with Gasteiger partial charge in [0.15, 0.2) is 0 Å². The zero-order valence-electron chi connectivity index (χ0n) is 11.9. The minimum absolute atomic E-state index is 0.315. The van der Waals surface area contributed by atoms with Crippen LogP contribution in [0.15, 0.2) is 6.07 Å². The first-order valence-corrected chi connectivity index (χ1v) is 8.60. The molecule has 1 aliphatic carbocycles. The summed E-state index contributed by atoms with van der Waals surface area (Å²) in [6.45, 7) is 0.792. The fraction of sp³-hybridized carbons (Fsp3) is 0.600. The monoisotopic (exact) mass is 294 g/mol. The number of rotatable bonds is 8. The summed E-state index contributed by atoms with van der Waals surface area (Å²) in [5, 5.41) is 12.5. The molecule has 0 fully saturated rings. The van der Waals surface area contributed by atoms with E-state index in [4.69, 9.17) is 0 Å². The highest BCUT2D eigenvalue weighted by atomic mass is 32.2. The number of hydrogen-bond acceptors (Lipinski definition) is 4. The first-order valence-electron chi connectivity index (χ1n) is 7.21. The predicted octanol–water partition coefficient (Wildman–Crippen LogP) is 3.21. The Morgan fingerprint density at radius 2 is 2.25 bits per heavy atom. The largest absolute Gasteiger partial charge is 0.478 e. The average molecular weight is 294 g/mol. The van der Waals surface area contributed by atoms with Gasteiger partial charge in [0.1, 0.15) is 11.4 Å². The van der Waals surface area contributed by atoms with Gasteiger partial charge in [0.2, 0.25) is 0 Å². The second kappa shape index (κ2) is 7.53. The zero-order valence-corrected chi connectivity index (χ0v) is 12.8. The van der Waals surface area contributed by atoms with Crippen molar-refractivity contribution >= 4 is 23.5 Å². The Labute approximate surface area is 124 Å². The molecule has 0 atom stereocenters. The number of aryl methyl sites for hydroxylation is 2. The van der Waals surface area contributed by atoms with E-state index in [2.05, 4.69) is 16.6 Å². The minimum atomic E-state index is -0.892. The molecule has 0 bridgehead atoms. The van der Waals surface area contributed by atoms with Crippen molar-refractivity contribution in [3.8, 4) is 0 Å². The van der Waals surface area contributed by atoms with Gasteiger partial charge >= 0.3 is 5.97 Å². The summed E-state index contributed by atoms with van der Waals surface area (Å²) >= 11 is 1.87. The molecule has 1 aromatic rings. The Hall–Kier alpha value is -1.23. The van der Waals surface area contributed by atoms with E-state index < -0.39 is 5.97 Å². The molecule has 5 heteroatoms. The quantitative estimate of drug-likeness (QED) is 0.721. The SMILES string of the molecule is CSCCCCCNc1nc2c(cc1C(=O)O)CCC2. The van der Waals surface area contributed by atoms with Crippen molar-refractivity contribution in [2.24, 2.45) is 0 Å². The standard InChI is InChI=1S/C15H22N2O2S/c1-20-9-4-2-3-8-16-14-12(15(18)19)10-11-6-5-7-13(11)17-14/h10H,2-9H2,1H3,(H,16,17)(H,18,19). The van der Waals surface area contributed by atoms with Crippen molar-refractivity contribution in [1.82, 2.24) is 4.98 Å². The van der Waals surface area contributed by atoms with Crippen LogP contribution in [0.4, 0.5) is 5.82 Å². The van der Waals surface area contributed by atoms with E-state index in [0.29, 0.717) is 11.4 Å². The highest BCUT2D eigenvalue weighted by molar-refractivity contribution is 7.98. The van der Waals surface area contributed by atoms with Crippen LogP contribution in [0.3, 0.4) is 0 Å². The molecule has 0 saturated carbocycles. The number of carboxylic acid groups (broad SMARTS) is 1. The van der Waals surface area contributed by atoms with Crippen LogP contribution in [-0.2, 0) is 12.8 Å². The molecule has 0 radical (unpaired) electrons. The second-order valence-corrected chi connectivity index (χ2v) is 6.11. The molecule has 1 heterocycles. The maximum absolute atomic E-state index is 11.3. The summed E-state index contributed by atoms with van der Waals surface area (Å²) in [4.78, 5) is 15.8. The van der Waals surface area contributed by atoms with Crippen LogP contribution in [-0.4, -0.2) is 34.6 Å². The minimum Gasteiger partial charge on any atom is -0.478 e. The fourth-order valence-electron chi connectivity index (χ4n) is 2.52. The van der Waals surface area contributed by atoms with Crippen LogP contribution in [0.25, 0.3) is 0 Å². The molecule has 2 N–H and O–H groups in total. The fourth-order valence-corrected chi connectivity index (χ4v) is 3.02. The third-order valence-corrected chi connectivity index (χ3v) is 4.30. The summed E-state index contributed by atoms with van der Waals surface area (Å²) in [6, 6.07) is 1.80. The van der Waals surface area contributed by atoms with Gasteiger partial charge in [-0.2, -0.15) is 11.8 Å². The van der Waals surface area contributed by atoms with Crippen molar-refractivity contribution < 1.29 is 9.90 Å². The van der Waals surface area contributed by atoms with Crippen LogP contribution >= 0.6 is 11.8 Å². The van der Waals surface area contributed by atoms with Gasteiger partial charge in [0.25, 0.3) is 0 Å². The number of fused-ring (bicyclic) bond motifs is 1. The Morgan fingerprint density at radius 3 is 3.00 bits per heavy atom. The smallest absolute Gasteiger partial charge is 0.339 e. The first kappa shape index (κ1) is 15.2. The lowest BCUT2D eigenvalue weighted by Gasteiger charge is -2.11. The molecule has 0 saturated heterocycles. The van der Waals surface area contributed by atoms with Crippen LogP contribution in [0, 0.1) is 0 Å². The number of unbranched alkanes of at least 4 members (excludes halogenated alkanes) is 2. The summed E-state index contributed by atoms with van der Waals surface area (Å²) in [5.41, 5.74) is 2.49. The second-order valence-electron chi connectivity index (χ2n) is 5.13. The Balaban J connectivity index is 1.94. The van der Waals surface area contributed by atoms with Crippen molar-refractivity contribution in [3.63, 3.8) is 0 Å². The number of thioether (sulfide) groups is 1. The summed E-state index contributed by atoms with van der Waals surface area (Å²) in [7, 11) is 0. The van der Waals surface area contributed by atoms with E-state index in [0.717, 1.165) is 43.5 Å². The third kappa shape index (κ3) is 3.88. The molecule has 4 nitrogen and oxygen atoms in total. The molecule has 110 valence electrons. The van der Waals surface area contributed by atoms with E-state index in [1.165, 1.54) is 18.6 Å². The van der Waals surface area contributed by atoms with Gasteiger partial charge in [-0.15, -0.1) is 0 Å².